The van der Waals surface area contributed by atoms with Crippen molar-refractivity contribution in [1.82, 2.24) is 14.9 Å². The molecule has 1 N–H and O–H groups in total. The lowest BCUT2D eigenvalue weighted by atomic mass is 9.97. The Balaban J connectivity index is 1.54. The van der Waals surface area contributed by atoms with E-state index in [1.807, 2.05) is 47.9 Å². The van der Waals surface area contributed by atoms with Crippen LogP contribution in [0.25, 0.3) is 0 Å². The molecule has 148 valence electrons. The number of nitrogens with zero attached hydrogens (tertiary/aromatic N) is 3. The smallest absolute Gasteiger partial charge is 0.255 e. The van der Waals surface area contributed by atoms with Crippen molar-refractivity contribution in [3.63, 3.8) is 0 Å². The monoisotopic (exact) mass is 382 g/mol. The second-order valence-corrected chi connectivity index (χ2v) is 7.56. The number of aryl methyl sites for hydroxylation is 1. The van der Waals surface area contributed by atoms with Crippen LogP contribution in [-0.2, 0) is 22.5 Å². The number of carbonyl (C=O) groups is 1. The van der Waals surface area contributed by atoms with Crippen molar-refractivity contribution in [1.29, 1.82) is 0 Å². The molecule has 2 aliphatic rings. The molecule has 1 amide bonds. The Hall–Kier alpha value is -2.67. The molecule has 7 nitrogen and oxygen atoms in total. The van der Waals surface area contributed by atoms with Gasteiger partial charge in [-0.25, -0.2) is 4.98 Å². The first-order valence-electron chi connectivity index (χ1n) is 9.83. The van der Waals surface area contributed by atoms with Gasteiger partial charge in [-0.2, -0.15) is 0 Å². The molecule has 3 heterocycles. The fraction of sp³-hybridized carbons (Fsp3) is 0.476. The molecule has 1 fully saturated rings. The Morgan fingerprint density at radius 1 is 1.18 bits per heavy atom. The fourth-order valence-corrected chi connectivity index (χ4v) is 3.81. The van der Waals surface area contributed by atoms with E-state index in [-0.39, 0.29) is 17.4 Å². The number of rotatable bonds is 3. The number of ether oxygens (including phenoxy) is 1. The fourth-order valence-electron chi connectivity index (χ4n) is 3.81. The molecule has 2 aliphatic heterocycles. The zero-order valence-corrected chi connectivity index (χ0v) is 16.4. The lowest BCUT2D eigenvalue weighted by molar-refractivity contribution is -0.133. The molecular formula is C21H26N4O3. The van der Waals surface area contributed by atoms with Gasteiger partial charge in [0.15, 0.2) is 0 Å². The number of hydrogen-bond acceptors (Lipinski definition) is 5. The molecule has 7 heteroatoms. The maximum atomic E-state index is 13.1. The normalized spacial score (nSPS) is 17.9. The molecule has 0 radical (unpaired) electrons. The van der Waals surface area contributed by atoms with E-state index in [9.17, 15) is 9.59 Å². The maximum Gasteiger partial charge on any atom is 0.255 e. The van der Waals surface area contributed by atoms with Gasteiger partial charge in [0.1, 0.15) is 0 Å². The minimum absolute atomic E-state index is 0.0736. The van der Waals surface area contributed by atoms with Crippen LogP contribution in [0.5, 0.6) is 0 Å². The van der Waals surface area contributed by atoms with Crippen LogP contribution in [0.15, 0.2) is 29.1 Å². The van der Waals surface area contributed by atoms with E-state index in [0.717, 1.165) is 5.56 Å². The molecule has 0 aliphatic carbocycles. The van der Waals surface area contributed by atoms with Crippen LogP contribution < -0.4 is 10.5 Å². The minimum Gasteiger partial charge on any atom is -0.378 e. The van der Waals surface area contributed by atoms with Crippen molar-refractivity contribution in [2.75, 3.05) is 37.7 Å². The number of hydrogen-bond donors (Lipinski definition) is 1. The standard InChI is InChI=1S/C21H26N4O3/c1-14-3-5-16(6-4-14)15(2)20(27)25-8-7-17-18(13-25)22-21(23-19(17)26)24-9-11-28-12-10-24/h3-6,15H,7-13H2,1-2H3,(H,22,23,26)/t15-/m1/s1. The summed E-state index contributed by atoms with van der Waals surface area (Å²) in [5.41, 5.74) is 3.50. The number of aromatic amines is 1. The number of H-pyrrole nitrogens is 1. The third-order valence-electron chi connectivity index (χ3n) is 5.63. The molecule has 0 saturated carbocycles. The Labute approximate surface area is 164 Å². The van der Waals surface area contributed by atoms with E-state index >= 15 is 0 Å². The Morgan fingerprint density at radius 2 is 1.89 bits per heavy atom. The highest BCUT2D eigenvalue weighted by atomic mass is 16.5. The average Bonchev–Trinajstić information content (AvgIpc) is 2.73. The first-order valence-corrected chi connectivity index (χ1v) is 9.83. The summed E-state index contributed by atoms with van der Waals surface area (Å²) in [6.45, 7) is 7.55. The Bertz CT molecular complexity index is 916. The number of fused-ring (bicyclic) bond motifs is 1. The van der Waals surface area contributed by atoms with Gasteiger partial charge in [0, 0.05) is 25.2 Å². The number of nitrogens with one attached hydrogen (secondary N) is 1. The van der Waals surface area contributed by atoms with Crippen LogP contribution in [0.4, 0.5) is 5.95 Å². The average molecular weight is 382 g/mol. The van der Waals surface area contributed by atoms with Crippen molar-refractivity contribution < 1.29 is 9.53 Å². The third-order valence-corrected chi connectivity index (χ3v) is 5.63. The summed E-state index contributed by atoms with van der Waals surface area (Å²) in [4.78, 5) is 37.0. The number of benzene rings is 1. The number of carbonyl (C=O) groups excluding carboxylic acids is 1. The number of morpholine rings is 1. The third kappa shape index (κ3) is 3.67. The van der Waals surface area contributed by atoms with E-state index in [0.29, 0.717) is 63.0 Å². The molecule has 2 aromatic rings. The van der Waals surface area contributed by atoms with Gasteiger partial charge in [0.05, 0.1) is 31.4 Å². The largest absolute Gasteiger partial charge is 0.378 e. The maximum absolute atomic E-state index is 13.1. The quantitative estimate of drug-likeness (QED) is 0.873. The number of amides is 1. The van der Waals surface area contributed by atoms with E-state index < -0.39 is 0 Å². The van der Waals surface area contributed by atoms with Gasteiger partial charge in [0.25, 0.3) is 5.56 Å². The predicted molar refractivity (Wildman–Crippen MR) is 107 cm³/mol. The minimum atomic E-state index is -0.220. The SMILES string of the molecule is Cc1ccc([C@@H](C)C(=O)N2CCc3c(nc(N4CCOCC4)[nH]c3=O)C2)cc1. The molecular weight excluding hydrogens is 356 g/mol. The molecule has 1 atom stereocenters. The molecule has 1 aromatic heterocycles. The second kappa shape index (κ2) is 7.75. The van der Waals surface area contributed by atoms with E-state index in [1.165, 1.54) is 5.56 Å². The summed E-state index contributed by atoms with van der Waals surface area (Å²) >= 11 is 0. The summed E-state index contributed by atoms with van der Waals surface area (Å²) < 4.78 is 5.37. The summed E-state index contributed by atoms with van der Waals surface area (Å²) in [6.07, 6.45) is 0.535. The molecule has 1 aromatic carbocycles. The predicted octanol–water partition coefficient (Wildman–Crippen LogP) is 1.60. The lowest BCUT2D eigenvalue weighted by Crippen LogP contribution is -2.43. The van der Waals surface area contributed by atoms with Crippen LogP contribution >= 0.6 is 0 Å². The summed E-state index contributed by atoms with van der Waals surface area (Å²) in [7, 11) is 0. The van der Waals surface area contributed by atoms with Crippen molar-refractivity contribution in [2.45, 2.75) is 32.7 Å². The zero-order chi connectivity index (χ0) is 19.7. The molecule has 0 unspecified atom stereocenters. The lowest BCUT2D eigenvalue weighted by Gasteiger charge is -2.32. The van der Waals surface area contributed by atoms with Gasteiger partial charge in [0.2, 0.25) is 11.9 Å². The van der Waals surface area contributed by atoms with Gasteiger partial charge in [-0.15, -0.1) is 0 Å². The van der Waals surface area contributed by atoms with E-state index in [1.54, 1.807) is 0 Å². The second-order valence-electron chi connectivity index (χ2n) is 7.56. The van der Waals surface area contributed by atoms with Crippen molar-refractivity contribution in [3.05, 3.63) is 57.0 Å². The summed E-state index contributed by atoms with van der Waals surface area (Å²) in [5.74, 6) is 0.431. The van der Waals surface area contributed by atoms with Crippen LogP contribution in [0.2, 0.25) is 0 Å². The molecule has 1 saturated heterocycles. The van der Waals surface area contributed by atoms with Crippen molar-refractivity contribution >= 4 is 11.9 Å². The van der Waals surface area contributed by atoms with Crippen molar-refractivity contribution in [2.24, 2.45) is 0 Å². The molecule has 0 bridgehead atoms. The van der Waals surface area contributed by atoms with Crippen LogP contribution in [0.1, 0.15) is 35.2 Å². The van der Waals surface area contributed by atoms with Gasteiger partial charge in [-0.1, -0.05) is 29.8 Å². The first kappa shape index (κ1) is 18.7. The Kier molecular flexibility index (Phi) is 5.17. The number of anilines is 1. The number of aromatic nitrogens is 2. The molecule has 28 heavy (non-hydrogen) atoms. The van der Waals surface area contributed by atoms with Crippen LogP contribution in [0.3, 0.4) is 0 Å². The molecule has 0 spiro atoms. The van der Waals surface area contributed by atoms with Gasteiger partial charge >= 0.3 is 0 Å². The zero-order valence-electron chi connectivity index (χ0n) is 16.4. The Morgan fingerprint density at radius 3 is 2.61 bits per heavy atom. The van der Waals surface area contributed by atoms with Gasteiger partial charge < -0.3 is 14.5 Å². The topological polar surface area (TPSA) is 78.5 Å². The van der Waals surface area contributed by atoms with Gasteiger partial charge in [-0.05, 0) is 25.8 Å². The van der Waals surface area contributed by atoms with Crippen LogP contribution in [-0.4, -0.2) is 53.6 Å². The summed E-state index contributed by atoms with van der Waals surface area (Å²) in [5, 5.41) is 0. The first-order chi connectivity index (χ1) is 13.5. The van der Waals surface area contributed by atoms with E-state index in [2.05, 4.69) is 4.98 Å². The highest BCUT2D eigenvalue weighted by molar-refractivity contribution is 5.83. The highest BCUT2D eigenvalue weighted by Gasteiger charge is 2.28. The summed E-state index contributed by atoms with van der Waals surface area (Å²) in [6, 6.07) is 8.07. The van der Waals surface area contributed by atoms with E-state index in [4.69, 9.17) is 9.72 Å². The van der Waals surface area contributed by atoms with Gasteiger partial charge in [-0.3, -0.25) is 14.6 Å². The van der Waals surface area contributed by atoms with Crippen molar-refractivity contribution in [3.8, 4) is 0 Å². The molecule has 4 rings (SSSR count). The van der Waals surface area contributed by atoms with Crippen LogP contribution in [0, 0.1) is 6.92 Å². The highest BCUT2D eigenvalue weighted by Crippen LogP contribution is 2.23.